The van der Waals surface area contributed by atoms with Crippen LogP contribution in [0.4, 0.5) is 4.39 Å². The molecule has 0 fully saturated rings. The molecule has 0 saturated carbocycles. The first kappa shape index (κ1) is 14.0. The summed E-state index contributed by atoms with van der Waals surface area (Å²) in [5.74, 6) is -0.385. The third-order valence-corrected chi connectivity index (χ3v) is 3.94. The normalized spacial score (nSPS) is 12.6. The topological polar surface area (TPSA) is 41.1 Å². The Morgan fingerprint density at radius 1 is 1.42 bits per heavy atom. The Hall–Kier alpha value is -1.46. The quantitative estimate of drug-likeness (QED) is 0.884. The van der Waals surface area contributed by atoms with Crippen molar-refractivity contribution in [1.82, 2.24) is 10.6 Å². The van der Waals surface area contributed by atoms with Crippen molar-refractivity contribution in [3.8, 4) is 0 Å². The molecule has 3 nitrogen and oxygen atoms in total. The van der Waals surface area contributed by atoms with Crippen molar-refractivity contribution in [2.75, 3.05) is 13.1 Å². The minimum atomic E-state index is -0.280. The molecule has 19 heavy (non-hydrogen) atoms. The number of nitrogens with one attached hydrogen (secondary N) is 2. The fraction of sp³-hybridized carbons (Fsp3) is 0.357. The Bertz CT molecular complexity index is 582. The van der Waals surface area contributed by atoms with Gasteiger partial charge in [-0.15, -0.1) is 11.3 Å². The van der Waals surface area contributed by atoms with Crippen LogP contribution in [0, 0.1) is 5.82 Å². The zero-order valence-electron chi connectivity index (χ0n) is 11.0. The fourth-order valence-corrected chi connectivity index (χ4v) is 2.84. The summed E-state index contributed by atoms with van der Waals surface area (Å²) in [5, 5.41) is 6.87. The Morgan fingerprint density at radius 3 is 2.95 bits per heavy atom. The van der Waals surface area contributed by atoms with Crippen LogP contribution in [-0.2, 0) is 0 Å². The maximum absolute atomic E-state index is 13.1. The van der Waals surface area contributed by atoms with Crippen molar-refractivity contribution in [3.63, 3.8) is 0 Å². The maximum atomic E-state index is 13.1. The molecule has 1 heterocycles. The number of thiophene rings is 1. The van der Waals surface area contributed by atoms with Crippen LogP contribution in [0.1, 0.15) is 23.5 Å². The summed E-state index contributed by atoms with van der Waals surface area (Å²) in [6, 6.07) is 6.53. The van der Waals surface area contributed by atoms with Crippen molar-refractivity contribution < 1.29 is 9.18 Å². The van der Waals surface area contributed by atoms with Gasteiger partial charge in [-0.2, -0.15) is 0 Å². The number of rotatable bonds is 5. The van der Waals surface area contributed by atoms with Gasteiger partial charge in [-0.3, -0.25) is 4.79 Å². The molecule has 0 aliphatic carbocycles. The van der Waals surface area contributed by atoms with E-state index in [1.54, 1.807) is 12.1 Å². The Labute approximate surface area is 115 Å². The number of amides is 1. The molecule has 0 saturated heterocycles. The van der Waals surface area contributed by atoms with E-state index in [0.29, 0.717) is 11.4 Å². The maximum Gasteiger partial charge on any atom is 0.261 e. The molecule has 2 rings (SSSR count). The van der Waals surface area contributed by atoms with Crippen LogP contribution in [0.2, 0.25) is 0 Å². The van der Waals surface area contributed by atoms with Crippen LogP contribution in [0.15, 0.2) is 24.3 Å². The number of carbonyl (C=O) groups is 1. The first-order valence-electron chi connectivity index (χ1n) is 6.31. The lowest BCUT2D eigenvalue weighted by atomic mass is 10.2. The molecule has 1 aromatic carbocycles. The van der Waals surface area contributed by atoms with Crippen LogP contribution >= 0.6 is 11.3 Å². The minimum Gasteiger partial charge on any atom is -0.350 e. The van der Waals surface area contributed by atoms with Gasteiger partial charge in [-0.25, -0.2) is 4.39 Å². The highest BCUT2D eigenvalue weighted by molar-refractivity contribution is 7.20. The first-order valence-corrected chi connectivity index (χ1v) is 7.12. The number of hydrogen-bond donors (Lipinski definition) is 2. The molecule has 1 amide bonds. The average molecular weight is 280 g/mol. The molecular weight excluding hydrogens is 263 g/mol. The van der Waals surface area contributed by atoms with E-state index < -0.39 is 0 Å². The summed E-state index contributed by atoms with van der Waals surface area (Å²) < 4.78 is 14.0. The number of hydrogen-bond acceptors (Lipinski definition) is 3. The molecule has 1 aromatic heterocycles. The lowest BCUT2D eigenvalue weighted by Crippen LogP contribution is -2.38. The molecule has 1 atom stereocenters. The zero-order chi connectivity index (χ0) is 13.8. The fourth-order valence-electron chi connectivity index (χ4n) is 1.88. The molecule has 0 bridgehead atoms. The average Bonchev–Trinajstić information content (AvgIpc) is 2.79. The second kappa shape index (κ2) is 6.12. The lowest BCUT2D eigenvalue weighted by Gasteiger charge is -2.12. The molecule has 0 spiro atoms. The number of likely N-dealkylation sites (N-methyl/N-ethyl adjacent to an activating group) is 1. The monoisotopic (exact) mass is 280 g/mol. The summed E-state index contributed by atoms with van der Waals surface area (Å²) in [6.45, 7) is 5.50. The van der Waals surface area contributed by atoms with Gasteiger partial charge in [0, 0.05) is 17.3 Å². The molecule has 0 radical (unpaired) electrons. The smallest absolute Gasteiger partial charge is 0.261 e. The second-order valence-electron chi connectivity index (χ2n) is 4.46. The van der Waals surface area contributed by atoms with Crippen LogP contribution in [-0.4, -0.2) is 25.0 Å². The highest BCUT2D eigenvalue weighted by Gasteiger charge is 2.11. The van der Waals surface area contributed by atoms with Crippen LogP contribution in [0.25, 0.3) is 10.1 Å². The van der Waals surface area contributed by atoms with E-state index in [2.05, 4.69) is 10.6 Å². The second-order valence-corrected chi connectivity index (χ2v) is 5.55. The molecule has 5 heteroatoms. The van der Waals surface area contributed by atoms with Gasteiger partial charge in [-0.1, -0.05) is 6.92 Å². The Balaban J connectivity index is 2.05. The summed E-state index contributed by atoms with van der Waals surface area (Å²) in [7, 11) is 0. The summed E-state index contributed by atoms with van der Waals surface area (Å²) in [5.41, 5.74) is 0. The Kier molecular flexibility index (Phi) is 4.50. The number of benzene rings is 1. The van der Waals surface area contributed by atoms with Crippen molar-refractivity contribution in [2.45, 2.75) is 19.9 Å². The van der Waals surface area contributed by atoms with Crippen LogP contribution < -0.4 is 10.6 Å². The molecule has 2 N–H and O–H groups in total. The van der Waals surface area contributed by atoms with Crippen LogP contribution in [0.5, 0.6) is 0 Å². The van der Waals surface area contributed by atoms with Gasteiger partial charge in [0.05, 0.1) is 4.88 Å². The number of carbonyl (C=O) groups excluding carboxylic acids is 1. The van der Waals surface area contributed by atoms with E-state index in [-0.39, 0.29) is 17.8 Å². The molecule has 102 valence electrons. The van der Waals surface area contributed by atoms with Gasteiger partial charge in [0.25, 0.3) is 5.91 Å². The van der Waals surface area contributed by atoms with Crippen molar-refractivity contribution >= 4 is 27.3 Å². The summed E-state index contributed by atoms with van der Waals surface area (Å²) in [4.78, 5) is 12.6. The Morgan fingerprint density at radius 2 is 2.21 bits per heavy atom. The van der Waals surface area contributed by atoms with Gasteiger partial charge in [0.2, 0.25) is 0 Å². The van der Waals surface area contributed by atoms with Gasteiger partial charge in [0.1, 0.15) is 5.82 Å². The lowest BCUT2D eigenvalue weighted by molar-refractivity contribution is 0.0954. The predicted molar refractivity (Wildman–Crippen MR) is 77.3 cm³/mol. The van der Waals surface area contributed by atoms with Crippen molar-refractivity contribution in [2.24, 2.45) is 0 Å². The summed E-state index contributed by atoms with van der Waals surface area (Å²) in [6.07, 6.45) is 0. The van der Waals surface area contributed by atoms with E-state index in [1.165, 1.54) is 23.5 Å². The van der Waals surface area contributed by atoms with Crippen molar-refractivity contribution in [1.29, 1.82) is 0 Å². The largest absolute Gasteiger partial charge is 0.350 e. The van der Waals surface area contributed by atoms with Crippen molar-refractivity contribution in [3.05, 3.63) is 35.0 Å². The number of halogens is 1. The van der Waals surface area contributed by atoms with Gasteiger partial charge in [0.15, 0.2) is 0 Å². The first-order chi connectivity index (χ1) is 9.10. The van der Waals surface area contributed by atoms with Crippen LogP contribution in [0.3, 0.4) is 0 Å². The highest BCUT2D eigenvalue weighted by atomic mass is 32.1. The molecule has 2 aromatic rings. The molecule has 0 aliphatic rings. The third kappa shape index (κ3) is 3.52. The highest BCUT2D eigenvalue weighted by Crippen LogP contribution is 2.26. The standard InChI is InChI=1S/C14H17FN2OS/c1-3-16-9(2)8-17-14(18)13-7-10-6-11(15)4-5-12(10)19-13/h4-7,9,16H,3,8H2,1-2H3,(H,17,18)/t9-/m1/s1. The molecule has 0 aliphatic heterocycles. The van der Waals surface area contributed by atoms with Gasteiger partial charge in [-0.05, 0) is 43.1 Å². The van der Waals surface area contributed by atoms with E-state index >= 15 is 0 Å². The molecule has 0 unspecified atom stereocenters. The third-order valence-electron chi connectivity index (χ3n) is 2.82. The minimum absolute atomic E-state index is 0.105. The number of fused-ring (bicyclic) bond motifs is 1. The van der Waals surface area contributed by atoms with Gasteiger partial charge >= 0.3 is 0 Å². The predicted octanol–water partition coefficient (Wildman–Crippen LogP) is 2.77. The van der Waals surface area contributed by atoms with E-state index in [9.17, 15) is 9.18 Å². The van der Waals surface area contributed by atoms with E-state index in [1.807, 2.05) is 13.8 Å². The van der Waals surface area contributed by atoms with Gasteiger partial charge < -0.3 is 10.6 Å². The van der Waals surface area contributed by atoms with E-state index in [0.717, 1.165) is 16.6 Å². The molecular formula is C14H17FN2OS. The zero-order valence-corrected chi connectivity index (χ0v) is 11.8. The summed E-state index contributed by atoms with van der Waals surface area (Å²) >= 11 is 1.38. The van der Waals surface area contributed by atoms with E-state index in [4.69, 9.17) is 0 Å². The SMILES string of the molecule is CCN[C@H](C)CNC(=O)c1cc2cc(F)ccc2s1.